The lowest BCUT2D eigenvalue weighted by Crippen LogP contribution is -2.28. The van der Waals surface area contributed by atoms with Crippen LogP contribution in [0.4, 0.5) is 0 Å². The quantitative estimate of drug-likeness (QED) is 0.410. The third kappa shape index (κ3) is 3.23. The molecule has 0 radical (unpaired) electrons. The van der Waals surface area contributed by atoms with Crippen molar-refractivity contribution < 1.29 is 14.3 Å². The molecule has 152 valence electrons. The number of rotatable bonds is 5. The van der Waals surface area contributed by atoms with Gasteiger partial charge in [0.25, 0.3) is 11.8 Å². The molecule has 0 aromatic heterocycles. The Kier molecular flexibility index (Phi) is 4.70. The molecule has 1 aliphatic heterocycles. The molecule has 0 N–H and O–H groups in total. The highest BCUT2D eigenvalue weighted by Crippen LogP contribution is 2.52. The largest absolute Gasteiger partial charge is 0.487 e. The van der Waals surface area contributed by atoms with Gasteiger partial charge >= 0.3 is 0 Å². The summed E-state index contributed by atoms with van der Waals surface area (Å²) in [6.07, 6.45) is 6.55. The number of ether oxygens (including phenoxy) is 1. The van der Waals surface area contributed by atoms with Crippen LogP contribution < -0.4 is 4.74 Å². The zero-order valence-electron chi connectivity index (χ0n) is 16.5. The van der Waals surface area contributed by atoms with Gasteiger partial charge in [-0.05, 0) is 54.5 Å². The minimum Gasteiger partial charge on any atom is -0.487 e. The van der Waals surface area contributed by atoms with Crippen LogP contribution in [0.25, 0.3) is 0 Å². The highest BCUT2D eigenvalue weighted by molar-refractivity contribution is 6.32. The molecule has 5 rings (SSSR count). The summed E-state index contributed by atoms with van der Waals surface area (Å²) >= 11 is 6.36. The Morgan fingerprint density at radius 2 is 1.83 bits per heavy atom. The second kappa shape index (κ2) is 7.40. The van der Waals surface area contributed by atoms with Crippen LogP contribution in [-0.2, 0) is 16.2 Å². The number of benzene rings is 2. The fraction of sp³-hybridized carbons (Fsp3) is 0.292. The van der Waals surface area contributed by atoms with E-state index in [4.69, 9.17) is 16.3 Å². The molecular formula is C24H21ClN2O3. The zero-order chi connectivity index (χ0) is 20.8. The fourth-order valence-electron chi connectivity index (χ4n) is 4.80. The average Bonchev–Trinajstić information content (AvgIpc) is 3.40. The van der Waals surface area contributed by atoms with E-state index in [9.17, 15) is 9.59 Å². The molecule has 2 aromatic carbocycles. The van der Waals surface area contributed by atoms with E-state index in [-0.39, 0.29) is 35.5 Å². The van der Waals surface area contributed by atoms with E-state index < -0.39 is 0 Å². The molecule has 6 heteroatoms. The van der Waals surface area contributed by atoms with Crippen molar-refractivity contribution in [2.45, 2.75) is 20.0 Å². The summed E-state index contributed by atoms with van der Waals surface area (Å²) in [7, 11) is 0. The first-order valence-corrected chi connectivity index (χ1v) is 10.5. The highest BCUT2D eigenvalue weighted by Gasteiger charge is 2.59. The van der Waals surface area contributed by atoms with Crippen LogP contribution in [-0.4, -0.2) is 23.0 Å². The Morgan fingerprint density at radius 3 is 2.50 bits per heavy atom. The summed E-state index contributed by atoms with van der Waals surface area (Å²) < 4.78 is 5.82. The van der Waals surface area contributed by atoms with Crippen molar-refractivity contribution in [2.75, 3.05) is 0 Å². The van der Waals surface area contributed by atoms with Crippen LogP contribution in [0.15, 0.2) is 59.7 Å². The predicted octanol–water partition coefficient (Wildman–Crippen LogP) is 4.37. The molecule has 5 nitrogen and oxygen atoms in total. The molecule has 2 aromatic rings. The van der Waals surface area contributed by atoms with E-state index in [1.54, 1.807) is 18.2 Å². The number of amides is 2. The van der Waals surface area contributed by atoms with Gasteiger partial charge in [-0.2, -0.15) is 10.1 Å². The summed E-state index contributed by atoms with van der Waals surface area (Å²) in [4.78, 5) is 25.4. The summed E-state index contributed by atoms with van der Waals surface area (Å²) in [5.74, 6) is 0.0496. The number of carbonyl (C=O) groups is 2. The third-order valence-electron chi connectivity index (χ3n) is 6.20. The molecule has 2 fully saturated rings. The molecule has 2 amide bonds. The van der Waals surface area contributed by atoms with Gasteiger partial charge in [0.2, 0.25) is 0 Å². The smallest absolute Gasteiger partial charge is 0.254 e. The Bertz CT molecular complexity index is 1060. The van der Waals surface area contributed by atoms with Crippen LogP contribution in [0, 0.1) is 30.6 Å². The molecule has 1 heterocycles. The SMILES string of the molecule is Cc1cccc(COc2ccc(C=NN3C(=O)C4C5C=CC(C5)C4C3=O)cc2Cl)c1. The molecule has 1 saturated carbocycles. The van der Waals surface area contributed by atoms with Crippen LogP contribution >= 0.6 is 11.6 Å². The number of aryl methyl sites for hydroxylation is 1. The molecule has 30 heavy (non-hydrogen) atoms. The van der Waals surface area contributed by atoms with Gasteiger partial charge in [0, 0.05) is 0 Å². The molecule has 1 saturated heterocycles. The predicted molar refractivity (Wildman–Crippen MR) is 114 cm³/mol. The van der Waals surface area contributed by atoms with Crippen LogP contribution in [0.2, 0.25) is 5.02 Å². The number of hydrogen-bond donors (Lipinski definition) is 0. The number of halogens is 1. The lowest BCUT2D eigenvalue weighted by Gasteiger charge is -2.13. The number of fused-ring (bicyclic) bond motifs is 5. The maximum atomic E-state index is 12.7. The van der Waals surface area contributed by atoms with Crippen molar-refractivity contribution in [2.24, 2.45) is 28.8 Å². The Morgan fingerprint density at radius 1 is 1.10 bits per heavy atom. The number of hydrogen-bond acceptors (Lipinski definition) is 4. The molecule has 4 unspecified atom stereocenters. The van der Waals surface area contributed by atoms with Gasteiger partial charge in [-0.25, -0.2) is 0 Å². The van der Waals surface area contributed by atoms with Gasteiger partial charge in [0.05, 0.1) is 23.1 Å². The summed E-state index contributed by atoms with van der Waals surface area (Å²) in [5.41, 5.74) is 2.94. The van der Waals surface area contributed by atoms with E-state index in [1.807, 2.05) is 25.1 Å². The van der Waals surface area contributed by atoms with Crippen molar-refractivity contribution >= 4 is 29.6 Å². The maximum absolute atomic E-state index is 12.7. The third-order valence-corrected chi connectivity index (χ3v) is 6.50. The first-order chi connectivity index (χ1) is 14.5. The minimum absolute atomic E-state index is 0.177. The monoisotopic (exact) mass is 420 g/mol. The lowest BCUT2D eigenvalue weighted by molar-refractivity contribution is -0.140. The van der Waals surface area contributed by atoms with Crippen molar-refractivity contribution in [1.82, 2.24) is 5.01 Å². The van der Waals surface area contributed by atoms with Crippen LogP contribution in [0.3, 0.4) is 0 Å². The molecule has 3 aliphatic rings. The van der Waals surface area contributed by atoms with Gasteiger partial charge in [-0.15, -0.1) is 0 Å². The van der Waals surface area contributed by atoms with Gasteiger partial charge in [0.1, 0.15) is 12.4 Å². The second-order valence-electron chi connectivity index (χ2n) is 8.20. The number of nitrogens with zero attached hydrogens (tertiary/aromatic N) is 2. The number of allylic oxidation sites excluding steroid dienone is 2. The first kappa shape index (κ1) is 19.1. The zero-order valence-corrected chi connectivity index (χ0v) is 17.3. The van der Waals surface area contributed by atoms with E-state index >= 15 is 0 Å². The summed E-state index contributed by atoms with van der Waals surface area (Å²) in [6, 6.07) is 13.4. The van der Waals surface area contributed by atoms with E-state index in [1.165, 1.54) is 11.8 Å². The number of hydrazone groups is 1. The second-order valence-corrected chi connectivity index (χ2v) is 8.61. The Hall–Kier alpha value is -2.92. The molecule has 2 aliphatic carbocycles. The first-order valence-electron chi connectivity index (χ1n) is 10.1. The van der Waals surface area contributed by atoms with Gasteiger partial charge in [-0.1, -0.05) is 53.6 Å². The molecular weight excluding hydrogens is 400 g/mol. The molecule has 2 bridgehead atoms. The van der Waals surface area contributed by atoms with E-state index in [0.717, 1.165) is 17.0 Å². The van der Waals surface area contributed by atoms with Gasteiger partial charge in [0.15, 0.2) is 0 Å². The highest BCUT2D eigenvalue weighted by atomic mass is 35.5. The van der Waals surface area contributed by atoms with Crippen molar-refractivity contribution in [3.8, 4) is 5.75 Å². The molecule has 4 atom stereocenters. The van der Waals surface area contributed by atoms with E-state index in [2.05, 4.69) is 23.3 Å². The Balaban J connectivity index is 1.27. The average molecular weight is 421 g/mol. The summed E-state index contributed by atoms with van der Waals surface area (Å²) in [5, 5.41) is 5.68. The van der Waals surface area contributed by atoms with Crippen molar-refractivity contribution in [1.29, 1.82) is 0 Å². The minimum atomic E-state index is -0.245. The number of imide groups is 1. The van der Waals surface area contributed by atoms with Gasteiger partial charge < -0.3 is 4.74 Å². The normalized spacial score (nSPS) is 26.8. The van der Waals surface area contributed by atoms with Gasteiger partial charge in [-0.3, -0.25) is 9.59 Å². The van der Waals surface area contributed by atoms with Crippen LogP contribution in [0.5, 0.6) is 5.75 Å². The van der Waals surface area contributed by atoms with E-state index in [0.29, 0.717) is 22.9 Å². The van der Waals surface area contributed by atoms with Crippen molar-refractivity contribution in [3.63, 3.8) is 0 Å². The van der Waals surface area contributed by atoms with Crippen LogP contribution in [0.1, 0.15) is 23.1 Å². The fourth-order valence-corrected chi connectivity index (χ4v) is 5.05. The summed E-state index contributed by atoms with van der Waals surface area (Å²) in [6.45, 7) is 2.46. The van der Waals surface area contributed by atoms with Crippen molar-refractivity contribution in [3.05, 3.63) is 76.3 Å². The number of carbonyl (C=O) groups excluding carboxylic acids is 2. The topological polar surface area (TPSA) is 59.0 Å². The lowest BCUT2D eigenvalue weighted by atomic mass is 9.85. The Labute approximate surface area is 180 Å². The molecule has 0 spiro atoms. The standard InChI is InChI=1S/C24H21ClN2O3/c1-14-3-2-4-16(9-14)13-30-20-8-5-15(10-19(20)25)12-26-27-23(28)21-17-6-7-18(11-17)22(21)24(27)29/h2-10,12,17-18,21-22H,11,13H2,1H3. The maximum Gasteiger partial charge on any atom is 0.254 e.